The minimum atomic E-state index is -0.112. The van der Waals surface area contributed by atoms with Crippen molar-refractivity contribution in [1.82, 2.24) is 15.0 Å². The van der Waals surface area contributed by atoms with Crippen molar-refractivity contribution in [2.45, 2.75) is 32.6 Å². The van der Waals surface area contributed by atoms with Gasteiger partial charge >= 0.3 is 0 Å². The molecule has 0 saturated carbocycles. The van der Waals surface area contributed by atoms with Crippen LogP contribution in [0.5, 0.6) is 0 Å². The lowest BCUT2D eigenvalue weighted by Gasteiger charge is -2.12. The molecular formula is C20H20N4OS. The van der Waals surface area contributed by atoms with Crippen molar-refractivity contribution in [1.29, 1.82) is 0 Å². The van der Waals surface area contributed by atoms with Crippen molar-refractivity contribution in [3.63, 3.8) is 0 Å². The van der Waals surface area contributed by atoms with E-state index in [0.29, 0.717) is 0 Å². The van der Waals surface area contributed by atoms with Gasteiger partial charge in [0.25, 0.3) is 5.91 Å². The highest BCUT2D eigenvalue weighted by molar-refractivity contribution is 7.10. The second-order valence-corrected chi connectivity index (χ2v) is 7.38. The molecule has 1 aliphatic rings. The van der Waals surface area contributed by atoms with E-state index in [4.69, 9.17) is 0 Å². The van der Waals surface area contributed by atoms with Gasteiger partial charge in [0, 0.05) is 28.3 Å². The second-order valence-electron chi connectivity index (χ2n) is 6.41. The number of carbonyl (C=O) groups is 1. The number of hydrogen-bond acceptors (Lipinski definition) is 4. The van der Waals surface area contributed by atoms with Gasteiger partial charge in [-0.15, -0.1) is 11.3 Å². The summed E-state index contributed by atoms with van der Waals surface area (Å²) in [5.74, 6) is -0.112. The van der Waals surface area contributed by atoms with Crippen molar-refractivity contribution < 1.29 is 4.79 Å². The number of thiophene rings is 1. The summed E-state index contributed by atoms with van der Waals surface area (Å²) in [6.07, 6.45) is 9.89. The summed E-state index contributed by atoms with van der Waals surface area (Å²) in [6.45, 7) is 1.90. The van der Waals surface area contributed by atoms with Crippen LogP contribution in [0.25, 0.3) is 5.69 Å². The van der Waals surface area contributed by atoms with Gasteiger partial charge in [-0.25, -0.2) is 10.4 Å². The molecule has 0 saturated heterocycles. The average molecular weight is 364 g/mol. The van der Waals surface area contributed by atoms with Crippen molar-refractivity contribution >= 4 is 23.0 Å². The number of hydrazone groups is 1. The van der Waals surface area contributed by atoms with Crippen molar-refractivity contribution in [2.24, 2.45) is 5.10 Å². The Kier molecular flexibility index (Phi) is 4.67. The van der Waals surface area contributed by atoms with Crippen LogP contribution in [0, 0.1) is 0 Å². The molecule has 3 aromatic rings. The predicted molar refractivity (Wildman–Crippen MR) is 104 cm³/mol. The largest absolute Gasteiger partial charge is 0.306 e. The molecule has 0 aliphatic heterocycles. The lowest BCUT2D eigenvalue weighted by atomic mass is 9.96. The zero-order valence-electron chi connectivity index (χ0n) is 14.6. The molecule has 0 radical (unpaired) electrons. The molecular weight excluding hydrogens is 344 g/mol. The van der Waals surface area contributed by atoms with Gasteiger partial charge in [0.2, 0.25) is 0 Å². The molecule has 1 aliphatic carbocycles. The topological polar surface area (TPSA) is 59.3 Å². The maximum Gasteiger partial charge on any atom is 0.272 e. The van der Waals surface area contributed by atoms with Gasteiger partial charge < -0.3 is 4.57 Å². The maximum atomic E-state index is 12.5. The van der Waals surface area contributed by atoms with E-state index in [0.717, 1.165) is 41.8 Å². The van der Waals surface area contributed by atoms with Crippen LogP contribution in [0.3, 0.4) is 0 Å². The number of rotatable bonds is 4. The molecule has 26 heavy (non-hydrogen) atoms. The van der Waals surface area contributed by atoms with E-state index in [-0.39, 0.29) is 5.91 Å². The molecule has 5 nitrogen and oxygen atoms in total. The van der Waals surface area contributed by atoms with E-state index in [9.17, 15) is 4.79 Å². The molecule has 0 atom stereocenters. The van der Waals surface area contributed by atoms with Crippen molar-refractivity contribution in [2.75, 3.05) is 0 Å². The van der Waals surface area contributed by atoms with Crippen LogP contribution >= 0.6 is 11.3 Å². The molecule has 0 unspecified atom stereocenters. The number of nitrogens with zero attached hydrogens (tertiary/aromatic N) is 3. The zero-order valence-corrected chi connectivity index (χ0v) is 15.4. The third-order valence-electron chi connectivity index (χ3n) is 4.72. The van der Waals surface area contributed by atoms with E-state index >= 15 is 0 Å². The molecule has 0 spiro atoms. The third kappa shape index (κ3) is 3.32. The van der Waals surface area contributed by atoms with Gasteiger partial charge in [0.1, 0.15) is 0 Å². The van der Waals surface area contributed by atoms with Gasteiger partial charge in [-0.3, -0.25) is 4.79 Å². The summed E-state index contributed by atoms with van der Waals surface area (Å²) in [7, 11) is 0. The Morgan fingerprint density at radius 3 is 2.81 bits per heavy atom. The third-order valence-corrected chi connectivity index (χ3v) is 5.81. The molecule has 2 aromatic heterocycles. The SMILES string of the molecule is C/C(=N/NC(=O)c1csc2c1CCCC2)c1ccc(-n2ccnc2)cc1. The number of hydrogen-bond donors (Lipinski definition) is 1. The van der Waals surface area contributed by atoms with Crippen molar-refractivity contribution in [3.8, 4) is 5.69 Å². The molecule has 1 N–H and O–H groups in total. The number of imidazole rings is 1. The summed E-state index contributed by atoms with van der Waals surface area (Å²) >= 11 is 1.69. The molecule has 1 amide bonds. The standard InChI is InChI=1S/C20H20N4OS/c1-14(15-6-8-16(9-7-15)24-11-10-21-13-24)22-23-20(25)18-12-26-19-5-3-2-4-17(18)19/h6-13H,2-5H2,1H3,(H,23,25)/b22-14-. The van der Waals surface area contributed by atoms with Crippen LogP contribution < -0.4 is 5.43 Å². The highest BCUT2D eigenvalue weighted by Crippen LogP contribution is 2.30. The summed E-state index contributed by atoms with van der Waals surface area (Å²) in [5, 5.41) is 6.26. The molecule has 1 aromatic carbocycles. The number of aryl methyl sites for hydroxylation is 1. The van der Waals surface area contributed by atoms with Crippen LogP contribution in [0.1, 0.15) is 46.1 Å². The first-order chi connectivity index (χ1) is 12.7. The molecule has 132 valence electrons. The van der Waals surface area contributed by atoms with Crippen LogP contribution in [0.15, 0.2) is 53.5 Å². The fourth-order valence-electron chi connectivity index (χ4n) is 3.23. The molecule has 0 fully saturated rings. The minimum Gasteiger partial charge on any atom is -0.306 e. The molecule has 0 bridgehead atoms. The number of aromatic nitrogens is 2. The highest BCUT2D eigenvalue weighted by Gasteiger charge is 2.19. The van der Waals surface area contributed by atoms with Crippen LogP contribution in [-0.4, -0.2) is 21.2 Å². The summed E-state index contributed by atoms with van der Waals surface area (Å²) < 4.78 is 1.94. The van der Waals surface area contributed by atoms with Crippen LogP contribution in [0.4, 0.5) is 0 Å². The quantitative estimate of drug-likeness (QED) is 0.562. The fourth-order valence-corrected chi connectivity index (χ4v) is 4.36. The monoisotopic (exact) mass is 364 g/mol. The van der Waals surface area contributed by atoms with Gasteiger partial charge in [-0.05, 0) is 55.9 Å². The first-order valence-corrected chi connectivity index (χ1v) is 9.63. The Morgan fingerprint density at radius 1 is 1.23 bits per heavy atom. The average Bonchev–Trinajstić information content (AvgIpc) is 3.36. The van der Waals surface area contributed by atoms with Gasteiger partial charge in [0.05, 0.1) is 17.6 Å². The first-order valence-electron chi connectivity index (χ1n) is 8.75. The van der Waals surface area contributed by atoms with Crippen LogP contribution in [-0.2, 0) is 12.8 Å². The molecule has 4 rings (SSSR count). The Hall–Kier alpha value is -2.73. The number of benzene rings is 1. The second kappa shape index (κ2) is 7.25. The number of carbonyl (C=O) groups excluding carboxylic acids is 1. The van der Waals surface area contributed by atoms with E-state index in [1.54, 1.807) is 23.9 Å². The smallest absolute Gasteiger partial charge is 0.272 e. The summed E-state index contributed by atoms with van der Waals surface area (Å²) in [6, 6.07) is 8.00. The number of nitrogens with one attached hydrogen (secondary N) is 1. The van der Waals surface area contributed by atoms with E-state index in [1.807, 2.05) is 47.3 Å². The maximum absolute atomic E-state index is 12.5. The van der Waals surface area contributed by atoms with E-state index < -0.39 is 0 Å². The normalized spacial score (nSPS) is 14.1. The number of amides is 1. The Bertz CT molecular complexity index is 939. The lowest BCUT2D eigenvalue weighted by molar-refractivity contribution is 0.0954. The summed E-state index contributed by atoms with van der Waals surface area (Å²) in [4.78, 5) is 17.9. The fraction of sp³-hybridized carbons (Fsp3) is 0.250. The molecule has 6 heteroatoms. The lowest BCUT2D eigenvalue weighted by Crippen LogP contribution is -2.20. The highest BCUT2D eigenvalue weighted by atomic mass is 32.1. The van der Waals surface area contributed by atoms with Gasteiger partial charge in [-0.1, -0.05) is 12.1 Å². The Labute approximate surface area is 156 Å². The summed E-state index contributed by atoms with van der Waals surface area (Å²) in [5.41, 5.74) is 7.51. The zero-order chi connectivity index (χ0) is 17.9. The predicted octanol–water partition coefficient (Wildman–Crippen LogP) is 3.97. The number of fused-ring (bicyclic) bond motifs is 1. The first kappa shape index (κ1) is 16.7. The van der Waals surface area contributed by atoms with Gasteiger partial charge in [0.15, 0.2) is 0 Å². The van der Waals surface area contributed by atoms with Crippen LogP contribution in [0.2, 0.25) is 0 Å². The van der Waals surface area contributed by atoms with E-state index in [1.165, 1.54) is 16.9 Å². The van der Waals surface area contributed by atoms with Gasteiger partial charge in [-0.2, -0.15) is 5.10 Å². The molecule has 2 heterocycles. The van der Waals surface area contributed by atoms with E-state index in [2.05, 4.69) is 15.5 Å². The Balaban J connectivity index is 1.46. The Morgan fingerprint density at radius 2 is 2.04 bits per heavy atom. The van der Waals surface area contributed by atoms with Crippen molar-refractivity contribution in [3.05, 3.63) is 69.9 Å². The minimum absolute atomic E-state index is 0.112.